The number of hydrogen-bond donors (Lipinski definition) is 2. The molecule has 0 fully saturated rings. The molecule has 0 atom stereocenters. The number of phenolic OH excluding ortho intramolecular Hbond substituents is 1. The number of nitrogens with one attached hydrogen (secondary N) is 1. The molecule has 0 aliphatic heterocycles. The van der Waals surface area contributed by atoms with Crippen molar-refractivity contribution in [1.82, 2.24) is 0 Å². The summed E-state index contributed by atoms with van der Waals surface area (Å²) in [5, 5.41) is 9.73. The van der Waals surface area contributed by atoms with Crippen LogP contribution in [0.5, 0.6) is 5.75 Å². The molecule has 0 spiro atoms. The molecule has 1 rings (SSSR count). The van der Waals surface area contributed by atoms with Crippen molar-refractivity contribution in [2.75, 3.05) is 17.6 Å². The number of esters is 1. The van der Waals surface area contributed by atoms with Gasteiger partial charge in [0, 0.05) is 0 Å². The molecule has 0 aliphatic carbocycles. The van der Waals surface area contributed by atoms with Gasteiger partial charge < -0.3 is 9.84 Å². The molecule has 0 aromatic heterocycles. The number of hydrogen-bond acceptors (Lipinski definition) is 5. The maximum Gasteiger partial charge on any atom is 0.322 e. The minimum atomic E-state index is -3.89. The monoisotopic (exact) mass is 273 g/mol. The van der Waals surface area contributed by atoms with Crippen LogP contribution in [0.4, 0.5) is 5.69 Å². The van der Waals surface area contributed by atoms with Gasteiger partial charge in [0.15, 0.2) is 5.75 Å². The van der Waals surface area contributed by atoms with Gasteiger partial charge in [0.25, 0.3) is 0 Å². The van der Waals surface area contributed by atoms with Gasteiger partial charge in [-0.2, -0.15) is 0 Å². The van der Waals surface area contributed by atoms with E-state index in [0.29, 0.717) is 5.56 Å². The van der Waals surface area contributed by atoms with Crippen molar-refractivity contribution < 1.29 is 23.1 Å². The normalized spacial score (nSPS) is 11.1. The molecule has 1 aromatic carbocycles. The Hall–Kier alpha value is -1.76. The first-order valence-corrected chi connectivity index (χ1v) is 6.78. The van der Waals surface area contributed by atoms with Crippen LogP contribution in [0.15, 0.2) is 12.1 Å². The molecule has 0 heterocycles. The summed E-state index contributed by atoms with van der Waals surface area (Å²) in [6.07, 6.45) is 0. The van der Waals surface area contributed by atoms with E-state index in [-0.39, 0.29) is 11.4 Å². The third kappa shape index (κ3) is 3.63. The number of benzene rings is 1. The van der Waals surface area contributed by atoms with E-state index in [1.165, 1.54) is 6.07 Å². The number of carbonyl (C=O) groups is 1. The van der Waals surface area contributed by atoms with Crippen LogP contribution in [0.1, 0.15) is 11.1 Å². The van der Waals surface area contributed by atoms with Gasteiger partial charge in [-0.1, -0.05) is 6.07 Å². The maximum atomic E-state index is 11.6. The molecule has 0 saturated heterocycles. The van der Waals surface area contributed by atoms with Gasteiger partial charge in [-0.15, -0.1) is 0 Å². The van der Waals surface area contributed by atoms with Crippen molar-refractivity contribution in [3.8, 4) is 5.75 Å². The Morgan fingerprint density at radius 2 is 2.00 bits per heavy atom. The van der Waals surface area contributed by atoms with Crippen LogP contribution in [0.3, 0.4) is 0 Å². The number of carbonyl (C=O) groups excluding carboxylic acids is 1. The quantitative estimate of drug-likeness (QED) is 0.628. The molecule has 0 bridgehead atoms. The summed E-state index contributed by atoms with van der Waals surface area (Å²) in [5.41, 5.74) is 1.39. The third-order valence-electron chi connectivity index (χ3n) is 2.25. The zero-order chi connectivity index (χ0) is 13.9. The lowest BCUT2D eigenvalue weighted by Gasteiger charge is -2.11. The van der Waals surface area contributed by atoms with Crippen molar-refractivity contribution in [2.24, 2.45) is 0 Å². The van der Waals surface area contributed by atoms with Crippen LogP contribution >= 0.6 is 0 Å². The number of aryl methyl sites for hydroxylation is 2. The maximum absolute atomic E-state index is 11.6. The predicted octanol–water partition coefficient (Wildman–Crippen LogP) is 0.924. The average molecular weight is 273 g/mol. The summed E-state index contributed by atoms with van der Waals surface area (Å²) >= 11 is 0. The summed E-state index contributed by atoms with van der Waals surface area (Å²) in [6.45, 7) is 3.42. The lowest BCUT2D eigenvalue weighted by atomic mass is 10.1. The van der Waals surface area contributed by atoms with E-state index in [9.17, 15) is 18.3 Å². The number of methoxy groups -OCH3 is 1. The van der Waals surface area contributed by atoms with E-state index < -0.39 is 21.7 Å². The second-order valence-electron chi connectivity index (χ2n) is 3.92. The van der Waals surface area contributed by atoms with Crippen molar-refractivity contribution in [3.63, 3.8) is 0 Å². The lowest BCUT2D eigenvalue weighted by Crippen LogP contribution is -2.23. The largest absolute Gasteiger partial charge is 0.505 e. The van der Waals surface area contributed by atoms with Gasteiger partial charge in [-0.3, -0.25) is 9.52 Å². The fourth-order valence-electron chi connectivity index (χ4n) is 1.46. The van der Waals surface area contributed by atoms with Crippen LogP contribution < -0.4 is 4.72 Å². The van der Waals surface area contributed by atoms with E-state index in [2.05, 4.69) is 9.46 Å². The molecule has 0 aliphatic rings. The van der Waals surface area contributed by atoms with E-state index in [1.54, 1.807) is 19.9 Å². The number of anilines is 1. The highest BCUT2D eigenvalue weighted by Crippen LogP contribution is 2.29. The van der Waals surface area contributed by atoms with E-state index in [0.717, 1.165) is 12.7 Å². The number of rotatable bonds is 4. The van der Waals surface area contributed by atoms with E-state index >= 15 is 0 Å². The zero-order valence-electron chi connectivity index (χ0n) is 10.4. The zero-order valence-corrected chi connectivity index (χ0v) is 11.2. The van der Waals surface area contributed by atoms with Crippen LogP contribution in [-0.4, -0.2) is 32.4 Å². The standard InChI is InChI=1S/C11H15NO5S/c1-7-4-8(2)11(14)9(5-7)12-18(15,16)6-10(13)17-3/h4-5,12,14H,6H2,1-3H3. The first kappa shape index (κ1) is 14.3. The second kappa shape index (κ2) is 5.26. The third-order valence-corrected chi connectivity index (χ3v) is 3.39. The molecule has 0 unspecified atom stereocenters. The Kier molecular flexibility index (Phi) is 4.18. The number of phenols is 1. The topological polar surface area (TPSA) is 92.7 Å². The molecule has 7 heteroatoms. The molecule has 0 radical (unpaired) electrons. The Morgan fingerprint density at radius 3 is 2.56 bits per heavy atom. The van der Waals surface area contributed by atoms with Gasteiger partial charge in [0.1, 0.15) is 5.75 Å². The Morgan fingerprint density at radius 1 is 1.39 bits per heavy atom. The molecule has 18 heavy (non-hydrogen) atoms. The van der Waals surface area contributed by atoms with Crippen LogP contribution in [0.2, 0.25) is 0 Å². The Balaban J connectivity index is 3.01. The molecule has 0 saturated carbocycles. The van der Waals surface area contributed by atoms with Crippen LogP contribution in [-0.2, 0) is 19.6 Å². The Labute approximate surface area is 106 Å². The minimum absolute atomic E-state index is 0.0522. The molecular formula is C11H15NO5S. The first-order valence-electron chi connectivity index (χ1n) is 5.12. The van der Waals surface area contributed by atoms with E-state index in [4.69, 9.17) is 0 Å². The Bertz CT molecular complexity index is 565. The highest BCUT2D eigenvalue weighted by molar-refractivity contribution is 7.93. The molecule has 0 amide bonds. The molecule has 2 N–H and O–H groups in total. The molecule has 1 aromatic rings. The summed E-state index contributed by atoms with van der Waals surface area (Å²) in [5.74, 6) is -1.82. The number of aromatic hydroxyl groups is 1. The van der Waals surface area contributed by atoms with Crippen molar-refractivity contribution in [1.29, 1.82) is 0 Å². The molecule has 100 valence electrons. The molecule has 6 nitrogen and oxygen atoms in total. The van der Waals surface area contributed by atoms with Gasteiger partial charge in [-0.05, 0) is 31.0 Å². The summed E-state index contributed by atoms with van der Waals surface area (Å²) in [4.78, 5) is 10.9. The second-order valence-corrected chi connectivity index (χ2v) is 5.64. The molecular weight excluding hydrogens is 258 g/mol. The van der Waals surface area contributed by atoms with Crippen LogP contribution in [0, 0.1) is 13.8 Å². The average Bonchev–Trinajstić information content (AvgIpc) is 2.23. The van der Waals surface area contributed by atoms with Gasteiger partial charge in [0.05, 0.1) is 12.8 Å². The van der Waals surface area contributed by atoms with Crippen molar-refractivity contribution >= 4 is 21.7 Å². The summed E-state index contributed by atoms with van der Waals surface area (Å²) in [7, 11) is -2.78. The van der Waals surface area contributed by atoms with E-state index in [1.807, 2.05) is 0 Å². The lowest BCUT2D eigenvalue weighted by molar-refractivity contribution is -0.137. The predicted molar refractivity (Wildman–Crippen MR) is 67.0 cm³/mol. The van der Waals surface area contributed by atoms with Gasteiger partial charge >= 0.3 is 5.97 Å². The van der Waals surface area contributed by atoms with Gasteiger partial charge in [-0.25, -0.2) is 8.42 Å². The van der Waals surface area contributed by atoms with Gasteiger partial charge in [0.2, 0.25) is 10.0 Å². The smallest absolute Gasteiger partial charge is 0.322 e. The first-order chi connectivity index (χ1) is 8.25. The van der Waals surface area contributed by atoms with Crippen molar-refractivity contribution in [2.45, 2.75) is 13.8 Å². The summed E-state index contributed by atoms with van der Waals surface area (Å²) < 4.78 is 29.7. The minimum Gasteiger partial charge on any atom is -0.505 e. The fourth-order valence-corrected chi connectivity index (χ4v) is 2.45. The highest BCUT2D eigenvalue weighted by Gasteiger charge is 2.19. The highest BCUT2D eigenvalue weighted by atomic mass is 32.2. The SMILES string of the molecule is COC(=O)CS(=O)(=O)Nc1cc(C)cc(C)c1O. The number of sulfonamides is 1. The summed E-state index contributed by atoms with van der Waals surface area (Å²) in [6, 6.07) is 3.20. The van der Waals surface area contributed by atoms with Crippen LogP contribution in [0.25, 0.3) is 0 Å². The van der Waals surface area contributed by atoms with Crippen molar-refractivity contribution in [3.05, 3.63) is 23.3 Å². The number of ether oxygens (including phenoxy) is 1. The fraction of sp³-hybridized carbons (Fsp3) is 0.364.